The third kappa shape index (κ3) is 3.43. The quantitative estimate of drug-likeness (QED) is 0.550. The lowest BCUT2D eigenvalue weighted by atomic mass is 9.67. The summed E-state index contributed by atoms with van der Waals surface area (Å²) in [6.45, 7) is 10.9. The van der Waals surface area contributed by atoms with Crippen LogP contribution in [-0.4, -0.2) is 5.92 Å². The molecule has 0 N–H and O–H groups in total. The average molecular weight is 232 g/mol. The fraction of sp³-hybridized carbons (Fsp3) is 1.00. The Hall–Kier alpha value is -0.140. The molecule has 0 bridgehead atoms. The topological polar surface area (TPSA) is 0 Å². The van der Waals surface area contributed by atoms with Crippen molar-refractivity contribution in [3.8, 4) is 0 Å². The summed E-state index contributed by atoms with van der Waals surface area (Å²) in [5.74, 6) is -1.03. The SMILES string of the molecule is CC(C)C1CCC(F)(F)CCC1C(C)(C)C. The summed E-state index contributed by atoms with van der Waals surface area (Å²) in [6.07, 6.45) is 1.53. The Labute approximate surface area is 98.8 Å². The molecule has 96 valence electrons. The van der Waals surface area contributed by atoms with Crippen molar-refractivity contribution in [2.75, 3.05) is 0 Å². The molecule has 0 nitrogen and oxygen atoms in total. The van der Waals surface area contributed by atoms with Crippen LogP contribution in [0, 0.1) is 23.2 Å². The van der Waals surface area contributed by atoms with Crippen molar-refractivity contribution in [2.24, 2.45) is 23.2 Å². The number of rotatable bonds is 1. The van der Waals surface area contributed by atoms with Gasteiger partial charge in [-0.15, -0.1) is 0 Å². The number of halogens is 2. The number of hydrogen-bond donors (Lipinski definition) is 0. The molecule has 0 aromatic heterocycles. The Morgan fingerprint density at radius 2 is 1.56 bits per heavy atom. The lowest BCUT2D eigenvalue weighted by Gasteiger charge is -2.38. The first-order chi connectivity index (χ1) is 7.13. The maximum atomic E-state index is 13.5. The predicted molar refractivity (Wildman–Crippen MR) is 64.7 cm³/mol. The van der Waals surface area contributed by atoms with Gasteiger partial charge in [0, 0.05) is 12.8 Å². The van der Waals surface area contributed by atoms with Crippen molar-refractivity contribution in [1.29, 1.82) is 0 Å². The summed E-state index contributed by atoms with van der Waals surface area (Å²) >= 11 is 0. The highest BCUT2D eigenvalue weighted by molar-refractivity contribution is 4.88. The zero-order chi connectivity index (χ0) is 12.6. The van der Waals surface area contributed by atoms with Crippen LogP contribution in [-0.2, 0) is 0 Å². The van der Waals surface area contributed by atoms with E-state index in [1.54, 1.807) is 0 Å². The summed E-state index contributed by atoms with van der Waals surface area (Å²) in [6, 6.07) is 0. The molecule has 0 heterocycles. The van der Waals surface area contributed by atoms with Crippen LogP contribution in [0.2, 0.25) is 0 Å². The van der Waals surface area contributed by atoms with E-state index >= 15 is 0 Å². The van der Waals surface area contributed by atoms with Gasteiger partial charge in [-0.2, -0.15) is 0 Å². The molecule has 16 heavy (non-hydrogen) atoms. The van der Waals surface area contributed by atoms with Gasteiger partial charge in [0.25, 0.3) is 0 Å². The molecule has 1 rings (SSSR count). The summed E-state index contributed by atoms with van der Waals surface area (Å²) in [7, 11) is 0. The van der Waals surface area contributed by atoms with Gasteiger partial charge in [-0.25, -0.2) is 8.78 Å². The Morgan fingerprint density at radius 1 is 1.06 bits per heavy atom. The van der Waals surface area contributed by atoms with E-state index in [4.69, 9.17) is 0 Å². The van der Waals surface area contributed by atoms with Crippen LogP contribution in [0.3, 0.4) is 0 Å². The van der Waals surface area contributed by atoms with Crippen molar-refractivity contribution in [2.45, 2.75) is 66.2 Å². The molecule has 0 amide bonds. The van der Waals surface area contributed by atoms with Crippen molar-refractivity contribution in [3.63, 3.8) is 0 Å². The van der Waals surface area contributed by atoms with E-state index in [-0.39, 0.29) is 18.3 Å². The van der Waals surface area contributed by atoms with E-state index in [9.17, 15) is 8.78 Å². The highest BCUT2D eigenvalue weighted by atomic mass is 19.3. The van der Waals surface area contributed by atoms with Gasteiger partial charge in [-0.1, -0.05) is 34.6 Å². The summed E-state index contributed by atoms with van der Waals surface area (Å²) in [5.41, 5.74) is 0.148. The maximum Gasteiger partial charge on any atom is 0.248 e. The van der Waals surface area contributed by atoms with Crippen LogP contribution >= 0.6 is 0 Å². The molecule has 2 unspecified atom stereocenters. The standard InChI is InChI=1S/C14H26F2/c1-10(2)11-6-8-14(15,16)9-7-12(11)13(3,4)5/h10-12H,6-9H2,1-5H3. The molecule has 2 heteroatoms. The van der Waals surface area contributed by atoms with Gasteiger partial charge in [0.05, 0.1) is 0 Å². The Bertz CT molecular complexity index is 225. The lowest BCUT2D eigenvalue weighted by molar-refractivity contribution is -0.0163. The van der Waals surface area contributed by atoms with Crippen molar-refractivity contribution in [1.82, 2.24) is 0 Å². The van der Waals surface area contributed by atoms with E-state index in [2.05, 4.69) is 34.6 Å². The Balaban J connectivity index is 2.86. The van der Waals surface area contributed by atoms with E-state index in [1.807, 2.05) is 0 Å². The maximum absolute atomic E-state index is 13.5. The van der Waals surface area contributed by atoms with Gasteiger partial charge in [-0.3, -0.25) is 0 Å². The van der Waals surface area contributed by atoms with Gasteiger partial charge in [-0.05, 0) is 36.0 Å². The molecule has 0 aromatic carbocycles. The molecular formula is C14H26F2. The molecule has 0 aromatic rings. The van der Waals surface area contributed by atoms with Crippen LogP contribution in [0.4, 0.5) is 8.78 Å². The third-order valence-electron chi connectivity index (χ3n) is 4.15. The predicted octanol–water partition coefficient (Wildman–Crippen LogP) is 5.13. The minimum absolute atomic E-state index is 0.0815. The summed E-state index contributed by atoms with van der Waals surface area (Å²) < 4.78 is 26.9. The molecule has 1 saturated carbocycles. The van der Waals surface area contributed by atoms with Crippen molar-refractivity contribution < 1.29 is 8.78 Å². The molecule has 0 spiro atoms. The van der Waals surface area contributed by atoms with E-state index in [0.717, 1.165) is 0 Å². The van der Waals surface area contributed by atoms with Gasteiger partial charge in [0.1, 0.15) is 0 Å². The molecule has 2 atom stereocenters. The normalized spacial score (nSPS) is 31.5. The zero-order valence-corrected chi connectivity index (χ0v) is 11.3. The van der Waals surface area contributed by atoms with E-state index in [1.165, 1.54) is 0 Å². The van der Waals surface area contributed by atoms with Crippen LogP contribution in [0.1, 0.15) is 60.3 Å². The van der Waals surface area contributed by atoms with Crippen LogP contribution < -0.4 is 0 Å². The Morgan fingerprint density at radius 3 is 2.00 bits per heavy atom. The van der Waals surface area contributed by atoms with Gasteiger partial charge in [0.2, 0.25) is 5.92 Å². The molecule has 1 aliphatic rings. The Kier molecular flexibility index (Phi) is 4.02. The average Bonchev–Trinajstić information content (AvgIpc) is 2.22. The third-order valence-corrected chi connectivity index (χ3v) is 4.15. The summed E-state index contributed by atoms with van der Waals surface area (Å²) in [5, 5.41) is 0. The highest BCUT2D eigenvalue weighted by Gasteiger charge is 2.41. The monoisotopic (exact) mass is 232 g/mol. The molecular weight excluding hydrogens is 206 g/mol. The second-order valence-electron chi connectivity index (χ2n) is 6.81. The first kappa shape index (κ1) is 13.9. The molecule has 1 fully saturated rings. The van der Waals surface area contributed by atoms with Crippen molar-refractivity contribution >= 4 is 0 Å². The minimum atomic E-state index is -2.42. The summed E-state index contributed by atoms with van der Waals surface area (Å²) in [4.78, 5) is 0. The van der Waals surface area contributed by atoms with Crippen molar-refractivity contribution in [3.05, 3.63) is 0 Å². The van der Waals surface area contributed by atoms with Gasteiger partial charge in [0.15, 0.2) is 0 Å². The van der Waals surface area contributed by atoms with E-state index < -0.39 is 5.92 Å². The largest absolute Gasteiger partial charge is 0.248 e. The van der Waals surface area contributed by atoms with Crippen LogP contribution in [0.25, 0.3) is 0 Å². The van der Waals surface area contributed by atoms with Gasteiger partial charge >= 0.3 is 0 Å². The highest BCUT2D eigenvalue weighted by Crippen LogP contribution is 2.47. The number of hydrogen-bond acceptors (Lipinski definition) is 0. The minimum Gasteiger partial charge on any atom is -0.207 e. The number of alkyl halides is 2. The molecule has 0 radical (unpaired) electrons. The molecule has 0 saturated heterocycles. The second-order valence-corrected chi connectivity index (χ2v) is 6.81. The smallest absolute Gasteiger partial charge is 0.207 e. The first-order valence-corrected chi connectivity index (χ1v) is 6.51. The zero-order valence-electron chi connectivity index (χ0n) is 11.3. The second kappa shape index (κ2) is 4.62. The lowest BCUT2D eigenvalue weighted by Crippen LogP contribution is -2.30. The van der Waals surface area contributed by atoms with E-state index in [0.29, 0.717) is 30.6 Å². The fourth-order valence-corrected chi connectivity index (χ4v) is 3.16. The van der Waals surface area contributed by atoms with Gasteiger partial charge < -0.3 is 0 Å². The van der Waals surface area contributed by atoms with Crippen LogP contribution in [0.5, 0.6) is 0 Å². The fourth-order valence-electron chi connectivity index (χ4n) is 3.16. The molecule has 0 aliphatic heterocycles. The van der Waals surface area contributed by atoms with Crippen LogP contribution in [0.15, 0.2) is 0 Å². The first-order valence-electron chi connectivity index (χ1n) is 6.51. The molecule has 1 aliphatic carbocycles.